The summed E-state index contributed by atoms with van der Waals surface area (Å²) in [6, 6.07) is 58.4. The van der Waals surface area contributed by atoms with Crippen LogP contribution in [0.25, 0.3) is 60.6 Å². The van der Waals surface area contributed by atoms with Crippen LogP contribution >= 0.6 is 0 Å². The van der Waals surface area contributed by atoms with Crippen LogP contribution in [0.2, 0.25) is 0 Å². The van der Waals surface area contributed by atoms with E-state index in [0.717, 1.165) is 77.2 Å². The third kappa shape index (κ3) is 5.51. The molecule has 2 heterocycles. The van der Waals surface area contributed by atoms with E-state index in [1.807, 2.05) is 72.8 Å². The van der Waals surface area contributed by atoms with Crippen LogP contribution in [-0.2, 0) is 6.54 Å². The number of para-hydroxylation sites is 2. The fraction of sp³-hybridized carbons (Fsp3) is 0.0217. The minimum Gasteiger partial charge on any atom is -0.455 e. The lowest BCUT2D eigenvalue weighted by molar-refractivity contribution is 0.673. The molecule has 7 aromatic carbocycles. The molecule has 0 N–H and O–H groups in total. The van der Waals surface area contributed by atoms with Crippen molar-refractivity contribution in [2.45, 2.75) is 6.54 Å². The molecule has 0 radical (unpaired) electrons. The molecule has 5 heteroatoms. The van der Waals surface area contributed by atoms with Crippen LogP contribution in [-0.4, -0.2) is 23.0 Å². The van der Waals surface area contributed by atoms with Crippen LogP contribution in [0.4, 0.5) is 0 Å². The second-order valence-corrected chi connectivity index (χ2v) is 12.5. The molecule has 9 aromatic rings. The molecule has 0 bridgehead atoms. The summed E-state index contributed by atoms with van der Waals surface area (Å²) >= 11 is 0. The summed E-state index contributed by atoms with van der Waals surface area (Å²) in [5, 5.41) is 4.53. The Hall–Kier alpha value is -6.85. The highest BCUT2D eigenvalue weighted by Crippen LogP contribution is 2.40. The maximum absolute atomic E-state index is 6.51. The summed E-state index contributed by atoms with van der Waals surface area (Å²) in [6.07, 6.45) is 0. The van der Waals surface area contributed by atoms with E-state index in [1.54, 1.807) is 0 Å². The Balaban J connectivity index is 1.13. The lowest BCUT2D eigenvalue weighted by atomic mass is 10.0. The molecule has 51 heavy (non-hydrogen) atoms. The van der Waals surface area contributed by atoms with Gasteiger partial charge in [0.1, 0.15) is 11.2 Å². The van der Waals surface area contributed by atoms with Crippen LogP contribution < -0.4 is 0 Å². The summed E-state index contributed by atoms with van der Waals surface area (Å²) in [5.41, 5.74) is 10.1. The van der Waals surface area contributed by atoms with E-state index in [9.17, 15) is 0 Å². The van der Waals surface area contributed by atoms with Crippen molar-refractivity contribution in [3.05, 3.63) is 187 Å². The van der Waals surface area contributed by atoms with Crippen molar-refractivity contribution in [1.29, 1.82) is 0 Å². The molecule has 0 aliphatic rings. The molecule has 0 spiro atoms. The number of hydrogen-bond donors (Lipinski definition) is 0. The van der Waals surface area contributed by atoms with Gasteiger partial charge in [0.2, 0.25) is 0 Å². The highest BCUT2D eigenvalue weighted by atomic mass is 16.3. The maximum atomic E-state index is 6.51. The van der Waals surface area contributed by atoms with Crippen LogP contribution in [0.15, 0.2) is 189 Å². The lowest BCUT2D eigenvalue weighted by Gasteiger charge is -2.11. The molecular weight excluding hydrogens is 625 g/mol. The van der Waals surface area contributed by atoms with Gasteiger partial charge in [-0.2, -0.15) is 0 Å². The normalized spacial score (nSPS) is 12.3. The average molecular weight is 657 g/mol. The second kappa shape index (κ2) is 12.9. The highest BCUT2D eigenvalue weighted by molar-refractivity contribution is 6.23. The first kappa shape index (κ1) is 30.2. The van der Waals surface area contributed by atoms with Gasteiger partial charge in [-0.3, -0.25) is 4.99 Å². The van der Waals surface area contributed by atoms with Crippen molar-refractivity contribution in [3.63, 3.8) is 0 Å². The quantitative estimate of drug-likeness (QED) is 0.130. The number of aromatic nitrogens is 1. The van der Waals surface area contributed by atoms with Crippen molar-refractivity contribution < 1.29 is 4.42 Å². The fourth-order valence-corrected chi connectivity index (χ4v) is 7.00. The van der Waals surface area contributed by atoms with Gasteiger partial charge in [-0.1, -0.05) is 127 Å². The third-order valence-electron chi connectivity index (χ3n) is 9.39. The van der Waals surface area contributed by atoms with Crippen molar-refractivity contribution >= 4 is 62.1 Å². The van der Waals surface area contributed by atoms with E-state index in [0.29, 0.717) is 18.2 Å². The average Bonchev–Trinajstić information content (AvgIpc) is 3.75. The van der Waals surface area contributed by atoms with Gasteiger partial charge in [-0.25, -0.2) is 9.98 Å². The van der Waals surface area contributed by atoms with Gasteiger partial charge in [-0.15, -0.1) is 0 Å². The highest BCUT2D eigenvalue weighted by Gasteiger charge is 2.19. The van der Waals surface area contributed by atoms with Crippen molar-refractivity contribution in [2.24, 2.45) is 15.0 Å². The van der Waals surface area contributed by atoms with Gasteiger partial charge in [0.15, 0.2) is 11.7 Å². The van der Waals surface area contributed by atoms with Crippen molar-refractivity contribution in [3.8, 4) is 16.8 Å². The monoisotopic (exact) mass is 656 g/mol. The number of fused-ring (bicyclic) bond motifs is 7. The predicted molar refractivity (Wildman–Crippen MR) is 213 cm³/mol. The molecule has 5 nitrogen and oxygen atoms in total. The minimum absolute atomic E-state index is 0.510. The summed E-state index contributed by atoms with van der Waals surface area (Å²) in [5.74, 6) is 1.13. The Bertz CT molecular complexity index is 2790. The zero-order chi connectivity index (χ0) is 34.1. The SMILES string of the molecule is C=N/C(=N\C(=N/Cc1ccccc1)c1ccccc1)c1cccc(-c2cccc(-n3c4ccccc4c4c5oc6ccccc6c5ccc43)c2)c1. The standard InChI is InChI=1S/C46H32N4O/c1-47-45(49-46(32-16-6-3-7-17-32)48-30-31-14-4-2-5-15-31)35-20-12-18-33(28-35)34-19-13-21-36(29-34)50-40-24-10-8-23-39(40)43-41(50)27-26-38-37-22-9-11-25-42(37)51-44(38)43/h2-29H,1,30H2/b48-46-,49-45-. The molecule has 0 saturated carbocycles. The van der Waals surface area contributed by atoms with E-state index in [2.05, 4.69) is 113 Å². The van der Waals surface area contributed by atoms with E-state index >= 15 is 0 Å². The van der Waals surface area contributed by atoms with Gasteiger partial charge in [-0.05, 0) is 65.9 Å². The lowest BCUT2D eigenvalue weighted by Crippen LogP contribution is -2.05. The Morgan fingerprint density at radius 3 is 2.06 bits per heavy atom. The van der Waals surface area contributed by atoms with E-state index in [-0.39, 0.29) is 0 Å². The molecule has 0 saturated heterocycles. The number of hydrogen-bond acceptors (Lipinski definition) is 2. The van der Waals surface area contributed by atoms with Crippen LogP contribution in [0.1, 0.15) is 16.7 Å². The van der Waals surface area contributed by atoms with Crippen molar-refractivity contribution in [2.75, 3.05) is 0 Å². The van der Waals surface area contributed by atoms with Crippen LogP contribution in [0.3, 0.4) is 0 Å². The molecule has 9 rings (SSSR count). The Labute approximate surface area is 295 Å². The second-order valence-electron chi connectivity index (χ2n) is 12.5. The first-order valence-electron chi connectivity index (χ1n) is 17.0. The number of aliphatic imine (C=N–C) groups is 3. The molecule has 0 fully saturated rings. The summed E-state index contributed by atoms with van der Waals surface area (Å²) < 4.78 is 8.84. The Kier molecular flexibility index (Phi) is 7.63. The Morgan fingerprint density at radius 2 is 1.24 bits per heavy atom. The number of furan rings is 1. The number of amidine groups is 2. The first-order valence-corrected chi connectivity index (χ1v) is 17.0. The number of rotatable bonds is 6. The Morgan fingerprint density at radius 1 is 0.549 bits per heavy atom. The van der Waals surface area contributed by atoms with Gasteiger partial charge in [0, 0.05) is 33.0 Å². The zero-order valence-corrected chi connectivity index (χ0v) is 27.8. The molecule has 2 aromatic heterocycles. The summed E-state index contributed by atoms with van der Waals surface area (Å²) in [7, 11) is 0. The van der Waals surface area contributed by atoms with E-state index < -0.39 is 0 Å². The van der Waals surface area contributed by atoms with E-state index in [1.165, 1.54) is 0 Å². The zero-order valence-electron chi connectivity index (χ0n) is 27.8. The predicted octanol–water partition coefficient (Wildman–Crippen LogP) is 11.4. The smallest absolute Gasteiger partial charge is 0.161 e. The molecule has 0 aliphatic carbocycles. The van der Waals surface area contributed by atoms with Gasteiger partial charge >= 0.3 is 0 Å². The van der Waals surface area contributed by atoms with Gasteiger partial charge in [0.25, 0.3) is 0 Å². The van der Waals surface area contributed by atoms with Crippen LogP contribution in [0.5, 0.6) is 0 Å². The van der Waals surface area contributed by atoms with E-state index in [4.69, 9.17) is 14.4 Å². The summed E-state index contributed by atoms with van der Waals surface area (Å²) in [6.45, 7) is 4.41. The van der Waals surface area contributed by atoms with Gasteiger partial charge in [0.05, 0.1) is 23.0 Å². The minimum atomic E-state index is 0.510. The topological polar surface area (TPSA) is 55.1 Å². The number of benzene rings is 7. The van der Waals surface area contributed by atoms with Gasteiger partial charge < -0.3 is 8.98 Å². The largest absolute Gasteiger partial charge is 0.455 e. The summed E-state index contributed by atoms with van der Waals surface area (Å²) in [4.78, 5) is 14.3. The molecule has 0 unspecified atom stereocenters. The maximum Gasteiger partial charge on any atom is 0.161 e. The molecule has 0 aliphatic heterocycles. The molecular formula is C46H32N4O. The molecule has 0 amide bonds. The molecule has 0 atom stereocenters. The number of nitrogens with zero attached hydrogens (tertiary/aromatic N) is 4. The van der Waals surface area contributed by atoms with Crippen molar-refractivity contribution in [1.82, 2.24) is 4.57 Å². The molecule has 242 valence electrons. The van der Waals surface area contributed by atoms with Crippen LogP contribution in [0, 0.1) is 0 Å². The fourth-order valence-electron chi connectivity index (χ4n) is 7.00. The third-order valence-corrected chi connectivity index (χ3v) is 9.39. The first-order chi connectivity index (χ1) is 25.2.